The van der Waals surface area contributed by atoms with Crippen LogP contribution >= 0.6 is 0 Å². The van der Waals surface area contributed by atoms with Crippen LogP contribution in [-0.2, 0) is 11.2 Å². The van der Waals surface area contributed by atoms with Crippen LogP contribution in [0, 0.1) is 0 Å². The summed E-state index contributed by atoms with van der Waals surface area (Å²) in [4.78, 5) is 16.4. The summed E-state index contributed by atoms with van der Waals surface area (Å²) in [5.74, 6) is 0. The van der Waals surface area contributed by atoms with Crippen LogP contribution in [0.3, 0.4) is 0 Å². The number of hydrogen-bond acceptors (Lipinski definition) is 4. The number of benzene rings is 1. The van der Waals surface area contributed by atoms with Gasteiger partial charge in [-0.1, -0.05) is 6.07 Å². The average molecular weight is 339 g/mol. The molecule has 0 saturated heterocycles. The number of amides is 1. The van der Waals surface area contributed by atoms with Crippen molar-refractivity contribution in [3.8, 4) is 0 Å². The molecule has 0 spiro atoms. The van der Waals surface area contributed by atoms with Crippen molar-refractivity contribution in [1.82, 2.24) is 4.98 Å². The molecule has 1 aliphatic rings. The first-order chi connectivity index (χ1) is 11.9. The van der Waals surface area contributed by atoms with Gasteiger partial charge in [0.1, 0.15) is 5.60 Å². The van der Waals surface area contributed by atoms with Gasteiger partial charge in [0, 0.05) is 17.6 Å². The van der Waals surface area contributed by atoms with Crippen molar-refractivity contribution < 1.29 is 9.53 Å². The number of carbonyl (C=O) groups excluding carboxylic acids is 1. The summed E-state index contributed by atoms with van der Waals surface area (Å²) >= 11 is 0. The van der Waals surface area contributed by atoms with Crippen LogP contribution in [0.4, 0.5) is 16.2 Å². The fourth-order valence-electron chi connectivity index (χ4n) is 3.02. The quantitative estimate of drug-likeness (QED) is 0.833. The summed E-state index contributed by atoms with van der Waals surface area (Å²) in [6, 6.07) is 12.0. The van der Waals surface area contributed by atoms with Gasteiger partial charge < -0.3 is 10.1 Å². The van der Waals surface area contributed by atoms with E-state index in [1.807, 2.05) is 57.3 Å². The molecule has 0 radical (unpaired) electrons. The zero-order chi connectivity index (χ0) is 17.9. The van der Waals surface area contributed by atoms with Gasteiger partial charge in [-0.05, 0) is 75.9 Å². The van der Waals surface area contributed by atoms with E-state index in [9.17, 15) is 4.79 Å². The van der Waals surface area contributed by atoms with Gasteiger partial charge in [-0.2, -0.15) is 0 Å². The van der Waals surface area contributed by atoms with Gasteiger partial charge in [0.25, 0.3) is 0 Å². The number of rotatable bonds is 3. The Morgan fingerprint density at radius 2 is 1.88 bits per heavy atom. The maximum absolute atomic E-state index is 11.8. The molecule has 2 aromatic rings. The highest BCUT2D eigenvalue weighted by molar-refractivity contribution is 5.85. The molecular formula is C20H25N3O2. The van der Waals surface area contributed by atoms with Gasteiger partial charge in [-0.25, -0.2) is 4.79 Å². The van der Waals surface area contributed by atoms with Crippen molar-refractivity contribution in [2.45, 2.75) is 51.7 Å². The number of ether oxygens (including phenoxy) is 1. The summed E-state index contributed by atoms with van der Waals surface area (Å²) < 4.78 is 5.26. The predicted molar refractivity (Wildman–Crippen MR) is 99.8 cm³/mol. The molecule has 1 heterocycles. The molecule has 1 amide bonds. The third-order valence-electron chi connectivity index (χ3n) is 4.07. The summed E-state index contributed by atoms with van der Waals surface area (Å²) in [5.41, 5.74) is 3.69. The summed E-state index contributed by atoms with van der Waals surface area (Å²) in [7, 11) is 0. The molecule has 3 rings (SSSR count). The van der Waals surface area contributed by atoms with Crippen molar-refractivity contribution in [1.29, 1.82) is 0 Å². The largest absolute Gasteiger partial charge is 0.444 e. The predicted octanol–water partition coefficient (Wildman–Crippen LogP) is 4.92. The van der Waals surface area contributed by atoms with E-state index < -0.39 is 11.7 Å². The second-order valence-corrected chi connectivity index (χ2v) is 7.34. The lowest BCUT2D eigenvalue weighted by Crippen LogP contribution is -2.27. The molecule has 5 heteroatoms. The number of anilines is 2. The lowest BCUT2D eigenvalue weighted by atomic mass is 9.92. The van der Waals surface area contributed by atoms with Gasteiger partial charge >= 0.3 is 6.09 Å². The van der Waals surface area contributed by atoms with Crippen LogP contribution in [0.15, 0.2) is 42.6 Å². The Morgan fingerprint density at radius 1 is 1.16 bits per heavy atom. The van der Waals surface area contributed by atoms with E-state index in [0.717, 1.165) is 30.6 Å². The number of pyridine rings is 1. The Hall–Kier alpha value is -2.56. The highest BCUT2D eigenvalue weighted by atomic mass is 16.6. The van der Waals surface area contributed by atoms with Crippen molar-refractivity contribution in [2.24, 2.45) is 0 Å². The first-order valence-electron chi connectivity index (χ1n) is 8.71. The summed E-state index contributed by atoms with van der Waals surface area (Å²) in [6.07, 6.45) is 4.74. The topological polar surface area (TPSA) is 63.2 Å². The van der Waals surface area contributed by atoms with Crippen molar-refractivity contribution in [2.75, 3.05) is 10.6 Å². The van der Waals surface area contributed by atoms with Crippen LogP contribution in [0.2, 0.25) is 0 Å². The number of nitrogens with one attached hydrogen (secondary N) is 2. The zero-order valence-corrected chi connectivity index (χ0v) is 15.0. The summed E-state index contributed by atoms with van der Waals surface area (Å²) in [6.45, 7) is 5.53. The summed E-state index contributed by atoms with van der Waals surface area (Å²) in [5, 5.41) is 6.29. The number of aryl methyl sites for hydroxylation is 1. The molecule has 2 N–H and O–H groups in total. The molecule has 1 unspecified atom stereocenters. The van der Waals surface area contributed by atoms with E-state index in [0.29, 0.717) is 5.69 Å². The van der Waals surface area contributed by atoms with Crippen LogP contribution in [0.1, 0.15) is 50.9 Å². The lowest BCUT2D eigenvalue weighted by molar-refractivity contribution is 0.0636. The van der Waals surface area contributed by atoms with Crippen LogP contribution < -0.4 is 10.6 Å². The minimum atomic E-state index is -0.507. The molecule has 1 aliphatic carbocycles. The van der Waals surface area contributed by atoms with Gasteiger partial charge in [0.05, 0.1) is 11.7 Å². The molecule has 132 valence electrons. The molecule has 1 atom stereocenters. The second kappa shape index (κ2) is 7.13. The van der Waals surface area contributed by atoms with E-state index in [2.05, 4.69) is 21.7 Å². The van der Waals surface area contributed by atoms with E-state index in [4.69, 9.17) is 4.74 Å². The highest BCUT2D eigenvalue weighted by Gasteiger charge is 2.21. The molecular weight excluding hydrogens is 314 g/mol. The third-order valence-corrected chi connectivity index (χ3v) is 4.07. The van der Waals surface area contributed by atoms with Gasteiger partial charge in [-0.15, -0.1) is 0 Å². The number of nitrogens with zero attached hydrogens (tertiary/aromatic N) is 1. The lowest BCUT2D eigenvalue weighted by Gasteiger charge is -2.26. The van der Waals surface area contributed by atoms with Gasteiger partial charge in [-0.3, -0.25) is 10.3 Å². The Balaban J connectivity index is 1.63. The minimum absolute atomic E-state index is 0.231. The number of carbonyl (C=O) groups is 1. The van der Waals surface area contributed by atoms with Crippen LogP contribution in [-0.4, -0.2) is 16.7 Å². The zero-order valence-electron chi connectivity index (χ0n) is 15.0. The number of aromatic nitrogens is 1. The standard InChI is InChI=1S/C20H25N3O2/c1-20(2,3)25-19(24)23-16-11-9-15(10-12-16)22-17-8-4-6-14-7-5-13-21-18(14)17/h5,7,9-13,17,22H,4,6,8H2,1-3H3,(H,23,24). The minimum Gasteiger partial charge on any atom is -0.444 e. The maximum atomic E-state index is 11.8. The van der Waals surface area contributed by atoms with E-state index in [-0.39, 0.29) is 6.04 Å². The molecule has 0 fully saturated rings. The molecule has 5 nitrogen and oxygen atoms in total. The highest BCUT2D eigenvalue weighted by Crippen LogP contribution is 2.31. The molecule has 0 saturated carbocycles. The Bertz CT molecular complexity index is 735. The second-order valence-electron chi connectivity index (χ2n) is 7.34. The average Bonchev–Trinajstić information content (AvgIpc) is 2.55. The molecule has 25 heavy (non-hydrogen) atoms. The van der Waals surface area contributed by atoms with Gasteiger partial charge in [0.15, 0.2) is 0 Å². The van der Waals surface area contributed by atoms with Crippen LogP contribution in [0.25, 0.3) is 0 Å². The Kier molecular flexibility index (Phi) is 4.93. The van der Waals surface area contributed by atoms with Crippen molar-refractivity contribution >= 4 is 17.5 Å². The number of hydrogen-bond donors (Lipinski definition) is 2. The smallest absolute Gasteiger partial charge is 0.412 e. The fraction of sp³-hybridized carbons (Fsp3) is 0.400. The molecule has 1 aromatic carbocycles. The Morgan fingerprint density at radius 3 is 2.60 bits per heavy atom. The SMILES string of the molecule is CC(C)(C)OC(=O)Nc1ccc(NC2CCCc3cccnc32)cc1. The van der Waals surface area contributed by atoms with E-state index >= 15 is 0 Å². The van der Waals surface area contributed by atoms with Crippen LogP contribution in [0.5, 0.6) is 0 Å². The van der Waals surface area contributed by atoms with E-state index in [1.165, 1.54) is 5.56 Å². The monoisotopic (exact) mass is 339 g/mol. The fourth-order valence-corrected chi connectivity index (χ4v) is 3.02. The normalized spacial score (nSPS) is 16.7. The molecule has 1 aromatic heterocycles. The number of fused-ring (bicyclic) bond motifs is 1. The first-order valence-corrected chi connectivity index (χ1v) is 8.71. The first kappa shape index (κ1) is 17.3. The third kappa shape index (κ3) is 4.72. The van der Waals surface area contributed by atoms with Crippen molar-refractivity contribution in [3.63, 3.8) is 0 Å². The molecule has 0 bridgehead atoms. The maximum Gasteiger partial charge on any atom is 0.412 e. The Labute approximate surface area is 148 Å². The van der Waals surface area contributed by atoms with E-state index in [1.54, 1.807) is 0 Å². The van der Waals surface area contributed by atoms with Crippen molar-refractivity contribution in [3.05, 3.63) is 53.9 Å². The molecule has 0 aliphatic heterocycles. The van der Waals surface area contributed by atoms with Gasteiger partial charge in [0.2, 0.25) is 0 Å².